The first-order valence-electron chi connectivity index (χ1n) is 6.21. The fourth-order valence-electron chi connectivity index (χ4n) is 2.26. The molecule has 16 heavy (non-hydrogen) atoms. The van der Waals surface area contributed by atoms with Crippen LogP contribution in [0.2, 0.25) is 0 Å². The summed E-state index contributed by atoms with van der Waals surface area (Å²) in [6, 6.07) is 9.28. The van der Waals surface area contributed by atoms with Gasteiger partial charge in [-0.2, -0.15) is 11.8 Å². The van der Waals surface area contributed by atoms with E-state index in [1.807, 2.05) is 7.05 Å². The van der Waals surface area contributed by atoms with Crippen LogP contribution in [0.4, 0.5) is 0 Å². The molecule has 1 fully saturated rings. The van der Waals surface area contributed by atoms with Crippen molar-refractivity contribution in [3.05, 3.63) is 35.4 Å². The minimum Gasteiger partial charge on any atom is -0.319 e. The van der Waals surface area contributed by atoms with Gasteiger partial charge in [0.1, 0.15) is 0 Å². The maximum Gasteiger partial charge on any atom is -0.00114 e. The van der Waals surface area contributed by atoms with Crippen molar-refractivity contribution in [2.24, 2.45) is 0 Å². The summed E-state index contributed by atoms with van der Waals surface area (Å²) in [5, 5.41) is 3.19. The Morgan fingerprint density at radius 3 is 2.50 bits per heavy atom. The second-order valence-corrected chi connectivity index (χ2v) is 5.71. The van der Waals surface area contributed by atoms with Crippen molar-refractivity contribution in [2.45, 2.75) is 25.2 Å². The monoisotopic (exact) mass is 235 g/mol. The predicted molar refractivity (Wildman–Crippen MR) is 73.4 cm³/mol. The number of likely N-dealkylation sites (N-methyl/N-ethyl adjacent to an activating group) is 1. The van der Waals surface area contributed by atoms with Gasteiger partial charge in [-0.15, -0.1) is 0 Å². The van der Waals surface area contributed by atoms with E-state index in [0.717, 1.165) is 18.9 Å². The Hall–Kier alpha value is -0.470. The molecule has 1 aliphatic heterocycles. The van der Waals surface area contributed by atoms with E-state index in [4.69, 9.17) is 0 Å². The average Bonchev–Trinajstić information content (AvgIpc) is 2.38. The number of hydrogen-bond donors (Lipinski definition) is 1. The summed E-state index contributed by atoms with van der Waals surface area (Å²) in [5.41, 5.74) is 3.00. The van der Waals surface area contributed by atoms with Crippen LogP contribution in [0.3, 0.4) is 0 Å². The van der Waals surface area contributed by atoms with Crippen LogP contribution in [-0.2, 0) is 6.42 Å². The maximum atomic E-state index is 3.19. The highest BCUT2D eigenvalue weighted by Crippen LogP contribution is 2.31. The summed E-state index contributed by atoms with van der Waals surface area (Å²) >= 11 is 2.10. The van der Waals surface area contributed by atoms with E-state index in [2.05, 4.69) is 41.3 Å². The van der Waals surface area contributed by atoms with Crippen molar-refractivity contribution in [2.75, 3.05) is 25.1 Å². The Kier molecular flexibility index (Phi) is 4.73. The zero-order chi connectivity index (χ0) is 11.2. The lowest BCUT2D eigenvalue weighted by molar-refractivity contribution is 0.637. The highest BCUT2D eigenvalue weighted by Gasteiger charge is 2.15. The molecule has 0 atom stereocenters. The fraction of sp³-hybridized carbons (Fsp3) is 0.571. The molecule has 1 N–H and O–H groups in total. The van der Waals surface area contributed by atoms with Gasteiger partial charge in [-0.1, -0.05) is 24.3 Å². The summed E-state index contributed by atoms with van der Waals surface area (Å²) in [6.45, 7) is 1.07. The van der Waals surface area contributed by atoms with Crippen LogP contribution < -0.4 is 5.32 Å². The second kappa shape index (κ2) is 6.31. The molecular weight excluding hydrogens is 214 g/mol. The van der Waals surface area contributed by atoms with Crippen LogP contribution >= 0.6 is 11.8 Å². The first-order valence-corrected chi connectivity index (χ1v) is 7.37. The molecule has 0 spiro atoms. The van der Waals surface area contributed by atoms with E-state index >= 15 is 0 Å². The third-order valence-electron chi connectivity index (χ3n) is 3.34. The third-order valence-corrected chi connectivity index (χ3v) is 4.38. The molecule has 0 aromatic heterocycles. The van der Waals surface area contributed by atoms with Gasteiger partial charge in [-0.05, 0) is 61.4 Å². The number of hydrogen-bond acceptors (Lipinski definition) is 2. The molecule has 1 aromatic rings. The van der Waals surface area contributed by atoms with Gasteiger partial charge in [0, 0.05) is 0 Å². The Balaban J connectivity index is 1.95. The third kappa shape index (κ3) is 3.26. The smallest absolute Gasteiger partial charge is 0.00114 e. The van der Waals surface area contributed by atoms with Crippen molar-refractivity contribution in [3.63, 3.8) is 0 Å². The summed E-state index contributed by atoms with van der Waals surface area (Å²) in [5.74, 6) is 3.50. The largest absolute Gasteiger partial charge is 0.319 e. The highest BCUT2D eigenvalue weighted by molar-refractivity contribution is 7.99. The van der Waals surface area contributed by atoms with Gasteiger partial charge in [-0.3, -0.25) is 0 Å². The highest BCUT2D eigenvalue weighted by atomic mass is 32.2. The molecular formula is C14H21NS. The van der Waals surface area contributed by atoms with Crippen molar-refractivity contribution in [1.82, 2.24) is 5.32 Å². The lowest BCUT2D eigenvalue weighted by Gasteiger charge is -2.21. The molecule has 0 saturated carbocycles. The molecule has 88 valence electrons. The van der Waals surface area contributed by atoms with Crippen LogP contribution in [0, 0.1) is 0 Å². The molecule has 2 heteroatoms. The Bertz CT molecular complexity index is 301. The minimum atomic E-state index is 0.819. The standard InChI is InChI=1S/C14H21NS/c1-15-9-6-12-2-4-13(5-3-12)14-7-10-16-11-8-14/h2-5,14-15H,6-11H2,1H3. The SMILES string of the molecule is CNCCc1ccc(C2CCSCC2)cc1. The molecule has 0 aliphatic carbocycles. The van der Waals surface area contributed by atoms with Gasteiger partial charge in [0.15, 0.2) is 0 Å². The molecule has 0 unspecified atom stereocenters. The van der Waals surface area contributed by atoms with Gasteiger partial charge in [0.05, 0.1) is 0 Å². The number of rotatable bonds is 4. The number of thioether (sulfide) groups is 1. The first kappa shape index (κ1) is 12.0. The molecule has 2 rings (SSSR count). The van der Waals surface area contributed by atoms with Crippen molar-refractivity contribution in [3.8, 4) is 0 Å². The quantitative estimate of drug-likeness (QED) is 0.861. The van der Waals surface area contributed by atoms with Crippen LogP contribution in [0.1, 0.15) is 29.9 Å². The summed E-state index contributed by atoms with van der Waals surface area (Å²) < 4.78 is 0. The second-order valence-electron chi connectivity index (χ2n) is 4.48. The zero-order valence-corrected chi connectivity index (χ0v) is 10.9. The molecule has 1 aromatic carbocycles. The van der Waals surface area contributed by atoms with Crippen LogP contribution in [0.15, 0.2) is 24.3 Å². The van der Waals surface area contributed by atoms with Gasteiger partial charge in [0.2, 0.25) is 0 Å². The van der Waals surface area contributed by atoms with Gasteiger partial charge < -0.3 is 5.32 Å². The molecule has 1 aliphatic rings. The van der Waals surface area contributed by atoms with E-state index in [1.54, 1.807) is 5.56 Å². The summed E-state index contributed by atoms with van der Waals surface area (Å²) in [4.78, 5) is 0. The van der Waals surface area contributed by atoms with E-state index in [9.17, 15) is 0 Å². The summed E-state index contributed by atoms with van der Waals surface area (Å²) in [7, 11) is 2.01. The molecule has 1 saturated heterocycles. The van der Waals surface area contributed by atoms with E-state index in [1.165, 1.54) is 29.9 Å². The fourth-order valence-corrected chi connectivity index (χ4v) is 3.36. The van der Waals surface area contributed by atoms with Crippen LogP contribution in [-0.4, -0.2) is 25.1 Å². The predicted octanol–water partition coefficient (Wildman–Crippen LogP) is 3.06. The molecule has 1 nitrogen and oxygen atoms in total. The van der Waals surface area contributed by atoms with Crippen molar-refractivity contribution < 1.29 is 0 Å². The van der Waals surface area contributed by atoms with Gasteiger partial charge in [0.25, 0.3) is 0 Å². The number of nitrogens with one attached hydrogen (secondary N) is 1. The molecule has 1 heterocycles. The maximum absolute atomic E-state index is 3.19. The lowest BCUT2D eigenvalue weighted by atomic mass is 9.92. The van der Waals surface area contributed by atoms with Gasteiger partial charge >= 0.3 is 0 Å². The van der Waals surface area contributed by atoms with E-state index < -0.39 is 0 Å². The Morgan fingerprint density at radius 2 is 1.88 bits per heavy atom. The average molecular weight is 235 g/mol. The molecule has 0 bridgehead atoms. The number of benzene rings is 1. The van der Waals surface area contributed by atoms with E-state index in [-0.39, 0.29) is 0 Å². The topological polar surface area (TPSA) is 12.0 Å². The Morgan fingerprint density at radius 1 is 1.19 bits per heavy atom. The van der Waals surface area contributed by atoms with Crippen LogP contribution in [0.5, 0.6) is 0 Å². The van der Waals surface area contributed by atoms with Crippen molar-refractivity contribution >= 4 is 11.8 Å². The van der Waals surface area contributed by atoms with Gasteiger partial charge in [-0.25, -0.2) is 0 Å². The lowest BCUT2D eigenvalue weighted by Crippen LogP contribution is -2.11. The normalized spacial score (nSPS) is 17.6. The molecule has 0 radical (unpaired) electrons. The summed E-state index contributed by atoms with van der Waals surface area (Å²) in [6.07, 6.45) is 3.86. The van der Waals surface area contributed by atoms with E-state index in [0.29, 0.717) is 0 Å². The van der Waals surface area contributed by atoms with Crippen LogP contribution in [0.25, 0.3) is 0 Å². The first-order chi connectivity index (χ1) is 7.90. The molecule has 0 amide bonds. The Labute approximate surface area is 103 Å². The minimum absolute atomic E-state index is 0.819. The van der Waals surface area contributed by atoms with Crippen molar-refractivity contribution in [1.29, 1.82) is 0 Å². The zero-order valence-electron chi connectivity index (χ0n) is 10.0.